The van der Waals surface area contributed by atoms with Crippen LogP contribution in [0.4, 0.5) is 0 Å². The Hall–Kier alpha value is -2.21. The van der Waals surface area contributed by atoms with E-state index in [1.165, 1.54) is 0 Å². The topological polar surface area (TPSA) is 53.7 Å². The Bertz CT molecular complexity index is 792. The SMILES string of the molecule is NCCOB(Oc1ccc(Cl)cc1)Oc1cccc2ccccc12. The molecule has 0 aliphatic heterocycles. The van der Waals surface area contributed by atoms with E-state index in [4.69, 9.17) is 31.3 Å². The standard InChI is InChI=1S/C18H17BClNO3/c20-15-8-10-16(11-9-15)23-19(22-13-12-21)24-18-7-3-5-14-4-1-2-6-17(14)18/h1-11H,12-13,21H2. The van der Waals surface area contributed by atoms with Crippen molar-refractivity contribution in [3.05, 3.63) is 71.8 Å². The van der Waals surface area contributed by atoms with E-state index in [0.29, 0.717) is 29.7 Å². The van der Waals surface area contributed by atoms with E-state index in [2.05, 4.69) is 0 Å². The molecule has 0 aromatic heterocycles. The van der Waals surface area contributed by atoms with Crippen LogP contribution in [-0.2, 0) is 4.65 Å². The molecule has 3 rings (SSSR count). The molecule has 0 amide bonds. The van der Waals surface area contributed by atoms with Gasteiger partial charge in [0.25, 0.3) is 0 Å². The fraction of sp³-hybridized carbons (Fsp3) is 0.111. The van der Waals surface area contributed by atoms with Gasteiger partial charge in [-0.25, -0.2) is 0 Å². The zero-order valence-electron chi connectivity index (χ0n) is 13.0. The van der Waals surface area contributed by atoms with Gasteiger partial charge in [0.15, 0.2) is 0 Å². The molecular weight excluding hydrogens is 324 g/mol. The van der Waals surface area contributed by atoms with Gasteiger partial charge < -0.3 is 19.7 Å². The van der Waals surface area contributed by atoms with E-state index in [0.717, 1.165) is 10.8 Å². The minimum absolute atomic E-state index is 0.322. The first kappa shape index (κ1) is 16.6. The lowest BCUT2D eigenvalue weighted by molar-refractivity contribution is 0.207. The van der Waals surface area contributed by atoms with E-state index in [1.807, 2.05) is 42.5 Å². The van der Waals surface area contributed by atoms with Crippen LogP contribution in [0.25, 0.3) is 10.8 Å². The summed E-state index contributed by atoms with van der Waals surface area (Å²) in [5.41, 5.74) is 5.52. The molecule has 0 heterocycles. The number of benzene rings is 3. The molecule has 0 saturated carbocycles. The molecule has 0 spiro atoms. The molecule has 0 aliphatic rings. The molecule has 122 valence electrons. The van der Waals surface area contributed by atoms with Crippen LogP contribution in [0, 0.1) is 0 Å². The van der Waals surface area contributed by atoms with Crippen molar-refractivity contribution in [3.8, 4) is 11.5 Å². The highest BCUT2D eigenvalue weighted by molar-refractivity contribution is 6.38. The highest BCUT2D eigenvalue weighted by atomic mass is 35.5. The van der Waals surface area contributed by atoms with Crippen LogP contribution >= 0.6 is 11.6 Å². The Morgan fingerprint density at radius 3 is 2.42 bits per heavy atom. The summed E-state index contributed by atoms with van der Waals surface area (Å²) in [5.74, 6) is 1.28. The molecule has 2 N–H and O–H groups in total. The third-order valence-electron chi connectivity index (χ3n) is 3.39. The predicted molar refractivity (Wildman–Crippen MR) is 97.4 cm³/mol. The van der Waals surface area contributed by atoms with Crippen LogP contribution in [0.15, 0.2) is 66.7 Å². The smallest absolute Gasteiger partial charge is 0.501 e. The van der Waals surface area contributed by atoms with Gasteiger partial charge in [0.1, 0.15) is 11.5 Å². The summed E-state index contributed by atoms with van der Waals surface area (Å²) in [6.45, 7) is 0.697. The Balaban J connectivity index is 1.81. The van der Waals surface area contributed by atoms with Crippen LogP contribution in [0.1, 0.15) is 0 Å². The van der Waals surface area contributed by atoms with Gasteiger partial charge in [0.05, 0.1) is 0 Å². The maximum Gasteiger partial charge on any atom is 0.788 e. The fourth-order valence-corrected chi connectivity index (χ4v) is 2.41. The third kappa shape index (κ3) is 4.20. The summed E-state index contributed by atoms with van der Waals surface area (Å²) in [6.07, 6.45) is 0. The minimum atomic E-state index is -0.902. The second kappa shape index (κ2) is 8.06. The lowest BCUT2D eigenvalue weighted by Crippen LogP contribution is -2.35. The van der Waals surface area contributed by atoms with E-state index in [-0.39, 0.29) is 0 Å². The van der Waals surface area contributed by atoms with Gasteiger partial charge in [-0.3, -0.25) is 0 Å². The van der Waals surface area contributed by atoms with Crippen molar-refractivity contribution in [2.75, 3.05) is 13.2 Å². The third-order valence-corrected chi connectivity index (χ3v) is 3.64. The van der Waals surface area contributed by atoms with E-state index < -0.39 is 7.32 Å². The van der Waals surface area contributed by atoms with E-state index in [1.54, 1.807) is 24.3 Å². The second-order valence-corrected chi connectivity index (χ2v) is 5.55. The number of hydrogen-bond donors (Lipinski definition) is 1. The highest BCUT2D eigenvalue weighted by Gasteiger charge is 2.27. The lowest BCUT2D eigenvalue weighted by Gasteiger charge is -2.17. The summed E-state index contributed by atoms with van der Waals surface area (Å²) in [6, 6.07) is 20.8. The van der Waals surface area contributed by atoms with Crippen molar-refractivity contribution < 1.29 is 14.0 Å². The van der Waals surface area contributed by atoms with Crippen molar-refractivity contribution in [3.63, 3.8) is 0 Å². The molecule has 6 heteroatoms. The van der Waals surface area contributed by atoms with Gasteiger partial charge in [-0.05, 0) is 35.7 Å². The van der Waals surface area contributed by atoms with Crippen molar-refractivity contribution in [2.24, 2.45) is 5.73 Å². The molecule has 4 nitrogen and oxygen atoms in total. The molecular formula is C18H17BClNO3. The normalized spacial score (nSPS) is 10.6. The molecule has 3 aromatic carbocycles. The largest absolute Gasteiger partial charge is 0.788 e. The summed E-state index contributed by atoms with van der Waals surface area (Å²) >= 11 is 5.89. The number of hydrogen-bond acceptors (Lipinski definition) is 4. The predicted octanol–water partition coefficient (Wildman–Crippen LogP) is 3.91. The Kier molecular flexibility index (Phi) is 5.59. The van der Waals surface area contributed by atoms with Crippen LogP contribution in [-0.4, -0.2) is 20.5 Å². The number of nitrogens with two attached hydrogens (primary N) is 1. The monoisotopic (exact) mass is 341 g/mol. The van der Waals surface area contributed by atoms with Crippen molar-refractivity contribution in [2.45, 2.75) is 0 Å². The average Bonchev–Trinajstić information content (AvgIpc) is 2.62. The van der Waals surface area contributed by atoms with Crippen LogP contribution in [0.2, 0.25) is 5.02 Å². The van der Waals surface area contributed by atoms with Crippen LogP contribution in [0.3, 0.4) is 0 Å². The molecule has 3 aromatic rings. The first-order chi connectivity index (χ1) is 11.8. The van der Waals surface area contributed by atoms with E-state index in [9.17, 15) is 0 Å². The summed E-state index contributed by atoms with van der Waals surface area (Å²) in [5, 5.41) is 2.71. The molecule has 24 heavy (non-hydrogen) atoms. The van der Waals surface area contributed by atoms with Gasteiger partial charge in [0.2, 0.25) is 0 Å². The summed E-state index contributed by atoms with van der Waals surface area (Å²) < 4.78 is 17.3. The van der Waals surface area contributed by atoms with Crippen molar-refractivity contribution >= 4 is 29.7 Å². The lowest BCUT2D eigenvalue weighted by atomic mass is 10.1. The van der Waals surface area contributed by atoms with E-state index >= 15 is 0 Å². The Labute approximate surface area is 146 Å². The summed E-state index contributed by atoms with van der Waals surface area (Å²) in [4.78, 5) is 0. The second-order valence-electron chi connectivity index (χ2n) is 5.12. The zero-order valence-corrected chi connectivity index (χ0v) is 13.8. The minimum Gasteiger partial charge on any atom is -0.501 e. The fourth-order valence-electron chi connectivity index (χ4n) is 2.28. The van der Waals surface area contributed by atoms with Crippen LogP contribution in [0.5, 0.6) is 11.5 Å². The first-order valence-corrected chi connectivity index (χ1v) is 8.02. The first-order valence-electron chi connectivity index (χ1n) is 7.64. The van der Waals surface area contributed by atoms with Gasteiger partial charge in [-0.2, -0.15) is 0 Å². The maximum atomic E-state index is 5.93. The van der Waals surface area contributed by atoms with Crippen LogP contribution < -0.4 is 15.0 Å². The van der Waals surface area contributed by atoms with Crippen molar-refractivity contribution in [1.29, 1.82) is 0 Å². The molecule has 0 fully saturated rings. The Morgan fingerprint density at radius 2 is 1.62 bits per heavy atom. The highest BCUT2D eigenvalue weighted by Crippen LogP contribution is 2.26. The Morgan fingerprint density at radius 1 is 0.875 bits per heavy atom. The average molecular weight is 342 g/mol. The number of halogens is 1. The van der Waals surface area contributed by atoms with Crippen molar-refractivity contribution in [1.82, 2.24) is 0 Å². The van der Waals surface area contributed by atoms with Gasteiger partial charge >= 0.3 is 7.32 Å². The molecule has 0 radical (unpaired) electrons. The molecule has 0 bridgehead atoms. The molecule has 0 atom stereocenters. The maximum absolute atomic E-state index is 5.93. The number of rotatable bonds is 7. The molecule has 0 unspecified atom stereocenters. The summed E-state index contributed by atoms with van der Waals surface area (Å²) in [7, 11) is -0.902. The van der Waals surface area contributed by atoms with Gasteiger partial charge in [-0.15, -0.1) is 0 Å². The van der Waals surface area contributed by atoms with Gasteiger partial charge in [0, 0.05) is 23.6 Å². The van der Waals surface area contributed by atoms with Gasteiger partial charge in [-0.1, -0.05) is 48.0 Å². The number of fused-ring (bicyclic) bond motifs is 1. The molecule has 0 aliphatic carbocycles. The quantitative estimate of drug-likeness (QED) is 0.662. The molecule has 0 saturated heterocycles. The zero-order chi connectivity index (χ0) is 16.8.